The topological polar surface area (TPSA) is 76.1 Å². The van der Waals surface area contributed by atoms with Crippen LogP contribution in [-0.2, 0) is 4.79 Å². The fourth-order valence-corrected chi connectivity index (χ4v) is 2.24. The van der Waals surface area contributed by atoms with Crippen molar-refractivity contribution >= 4 is 23.5 Å². The zero-order valence-corrected chi connectivity index (χ0v) is 11.7. The van der Waals surface area contributed by atoms with Crippen LogP contribution in [0, 0.1) is 5.92 Å². The van der Waals surface area contributed by atoms with Gasteiger partial charge in [-0.2, -0.15) is 4.98 Å². The van der Waals surface area contributed by atoms with Crippen LogP contribution in [-0.4, -0.2) is 35.6 Å². The van der Waals surface area contributed by atoms with Gasteiger partial charge in [0.1, 0.15) is 5.15 Å². The molecule has 1 aliphatic heterocycles. The Bertz CT molecular complexity index is 469. The van der Waals surface area contributed by atoms with Gasteiger partial charge < -0.3 is 10.1 Å². The molecule has 0 saturated carbocycles. The zero-order chi connectivity index (χ0) is 13.8. The predicted molar refractivity (Wildman–Crippen MR) is 72.4 cm³/mol. The van der Waals surface area contributed by atoms with Gasteiger partial charge in [0.25, 0.3) is 0 Å². The van der Waals surface area contributed by atoms with E-state index >= 15 is 0 Å². The number of ether oxygens (including phenoxy) is 1. The molecule has 2 heterocycles. The second-order valence-electron chi connectivity index (χ2n) is 4.68. The van der Waals surface area contributed by atoms with E-state index < -0.39 is 0 Å². The largest absolute Gasteiger partial charge is 0.481 e. The number of nitrogens with zero attached hydrogens (tertiary/aromatic N) is 2. The first-order valence-corrected chi connectivity index (χ1v) is 6.59. The van der Waals surface area contributed by atoms with Crippen LogP contribution in [0.2, 0.25) is 5.15 Å². The Balaban J connectivity index is 2.03. The number of anilines is 1. The minimum atomic E-state index is -0.211. The third kappa shape index (κ3) is 3.78. The number of amides is 1. The first kappa shape index (κ1) is 14.0. The van der Waals surface area contributed by atoms with Gasteiger partial charge in [-0.3, -0.25) is 10.1 Å². The first-order valence-electron chi connectivity index (χ1n) is 6.21. The third-order valence-electron chi connectivity index (χ3n) is 3.10. The maximum Gasteiger partial charge on any atom is 0.243 e. The zero-order valence-electron chi connectivity index (χ0n) is 10.9. The van der Waals surface area contributed by atoms with Crippen LogP contribution in [0.4, 0.5) is 5.95 Å². The number of hydrogen-bond acceptors (Lipinski definition) is 5. The first-order chi connectivity index (χ1) is 9.08. The SMILES string of the molecule is COc1cc(Cl)nc(NC(=O)C2CC(C)CCN2)n1. The lowest BCUT2D eigenvalue weighted by molar-refractivity contribution is -0.119. The molecule has 1 amide bonds. The number of carbonyl (C=O) groups excluding carboxylic acids is 1. The lowest BCUT2D eigenvalue weighted by atomic mass is 9.94. The molecule has 0 aromatic carbocycles. The number of rotatable bonds is 3. The van der Waals surface area contributed by atoms with E-state index in [4.69, 9.17) is 16.3 Å². The smallest absolute Gasteiger partial charge is 0.243 e. The van der Waals surface area contributed by atoms with Crippen molar-refractivity contribution in [2.75, 3.05) is 19.0 Å². The van der Waals surface area contributed by atoms with Crippen molar-refractivity contribution in [2.24, 2.45) is 5.92 Å². The maximum absolute atomic E-state index is 12.1. The van der Waals surface area contributed by atoms with Crippen LogP contribution >= 0.6 is 11.6 Å². The van der Waals surface area contributed by atoms with Crippen LogP contribution in [0.1, 0.15) is 19.8 Å². The van der Waals surface area contributed by atoms with Crippen LogP contribution in [0.5, 0.6) is 5.88 Å². The summed E-state index contributed by atoms with van der Waals surface area (Å²) in [7, 11) is 1.48. The highest BCUT2D eigenvalue weighted by Crippen LogP contribution is 2.18. The molecule has 1 aromatic rings. The van der Waals surface area contributed by atoms with Crippen LogP contribution < -0.4 is 15.4 Å². The summed E-state index contributed by atoms with van der Waals surface area (Å²) in [4.78, 5) is 20.1. The number of hydrogen-bond donors (Lipinski definition) is 2. The van der Waals surface area contributed by atoms with Crippen molar-refractivity contribution in [1.29, 1.82) is 0 Å². The average Bonchev–Trinajstić information content (AvgIpc) is 2.38. The second-order valence-corrected chi connectivity index (χ2v) is 5.07. The Hall–Kier alpha value is -1.40. The molecule has 2 N–H and O–H groups in total. The van der Waals surface area contributed by atoms with Gasteiger partial charge in [0.2, 0.25) is 17.7 Å². The van der Waals surface area contributed by atoms with E-state index in [1.165, 1.54) is 13.2 Å². The monoisotopic (exact) mass is 284 g/mol. The van der Waals surface area contributed by atoms with Gasteiger partial charge in [-0.1, -0.05) is 18.5 Å². The standard InChI is InChI=1S/C12H17ClN4O2/c1-7-3-4-14-8(5-7)11(18)17-12-15-9(13)6-10(16-12)19-2/h6-8,14H,3-5H2,1-2H3,(H,15,16,17,18). The predicted octanol–water partition coefficient (Wildman–Crippen LogP) is 1.47. The normalized spacial score (nSPS) is 22.9. The summed E-state index contributed by atoms with van der Waals surface area (Å²) in [6.07, 6.45) is 1.90. The highest BCUT2D eigenvalue weighted by molar-refractivity contribution is 6.29. The van der Waals surface area contributed by atoms with Gasteiger partial charge in [-0.15, -0.1) is 0 Å². The molecule has 1 aromatic heterocycles. The van der Waals surface area contributed by atoms with Crippen molar-refractivity contribution in [1.82, 2.24) is 15.3 Å². The number of methoxy groups -OCH3 is 1. The Morgan fingerprint density at radius 3 is 3.05 bits per heavy atom. The summed E-state index contributed by atoms with van der Waals surface area (Å²) in [5.41, 5.74) is 0. The summed E-state index contributed by atoms with van der Waals surface area (Å²) in [6.45, 7) is 2.99. The van der Waals surface area contributed by atoms with Crippen LogP contribution in [0.25, 0.3) is 0 Å². The Labute approximate surface area is 116 Å². The van der Waals surface area contributed by atoms with Crippen molar-refractivity contribution in [3.8, 4) is 5.88 Å². The maximum atomic E-state index is 12.1. The number of nitrogens with one attached hydrogen (secondary N) is 2. The molecular weight excluding hydrogens is 268 g/mol. The molecule has 0 bridgehead atoms. The Morgan fingerprint density at radius 2 is 2.37 bits per heavy atom. The van der Waals surface area contributed by atoms with Gasteiger partial charge in [-0.25, -0.2) is 4.98 Å². The van der Waals surface area contributed by atoms with Crippen molar-refractivity contribution in [3.63, 3.8) is 0 Å². The summed E-state index contributed by atoms with van der Waals surface area (Å²) >= 11 is 5.82. The molecule has 2 unspecified atom stereocenters. The number of aromatic nitrogens is 2. The number of piperidine rings is 1. The fourth-order valence-electron chi connectivity index (χ4n) is 2.06. The minimum Gasteiger partial charge on any atom is -0.481 e. The summed E-state index contributed by atoms with van der Waals surface area (Å²) in [6, 6.07) is 1.27. The van der Waals surface area contributed by atoms with E-state index in [1.54, 1.807) is 0 Å². The highest BCUT2D eigenvalue weighted by Gasteiger charge is 2.25. The molecule has 1 aliphatic rings. The van der Waals surface area contributed by atoms with Crippen molar-refractivity contribution < 1.29 is 9.53 Å². The molecule has 0 spiro atoms. The minimum absolute atomic E-state index is 0.143. The van der Waals surface area contributed by atoms with Crippen LogP contribution in [0.3, 0.4) is 0 Å². The molecular formula is C12H17ClN4O2. The molecule has 1 saturated heterocycles. The molecule has 104 valence electrons. The molecule has 1 fully saturated rings. The molecule has 2 atom stereocenters. The van der Waals surface area contributed by atoms with Gasteiger partial charge >= 0.3 is 0 Å². The Kier molecular flexibility index (Phi) is 4.55. The summed E-state index contributed by atoms with van der Waals surface area (Å²) in [5, 5.41) is 6.07. The van der Waals surface area contributed by atoms with Crippen molar-refractivity contribution in [3.05, 3.63) is 11.2 Å². The van der Waals surface area contributed by atoms with E-state index in [0.29, 0.717) is 11.8 Å². The lowest BCUT2D eigenvalue weighted by Gasteiger charge is -2.26. The van der Waals surface area contributed by atoms with Gasteiger partial charge in [0.05, 0.1) is 13.2 Å². The van der Waals surface area contributed by atoms with Crippen LogP contribution in [0.15, 0.2) is 6.07 Å². The molecule has 0 aliphatic carbocycles. The number of carbonyl (C=O) groups is 1. The molecule has 0 radical (unpaired) electrons. The van der Waals surface area contributed by atoms with E-state index in [2.05, 4.69) is 27.5 Å². The molecule has 7 heteroatoms. The van der Waals surface area contributed by atoms with Gasteiger partial charge in [0, 0.05) is 6.07 Å². The van der Waals surface area contributed by atoms with E-state index in [1.807, 2.05) is 0 Å². The third-order valence-corrected chi connectivity index (χ3v) is 3.29. The molecule has 19 heavy (non-hydrogen) atoms. The van der Waals surface area contributed by atoms with E-state index in [9.17, 15) is 4.79 Å². The highest BCUT2D eigenvalue weighted by atomic mass is 35.5. The summed E-state index contributed by atoms with van der Waals surface area (Å²) < 4.78 is 4.98. The number of halogens is 1. The van der Waals surface area contributed by atoms with Crippen molar-refractivity contribution in [2.45, 2.75) is 25.8 Å². The quantitative estimate of drug-likeness (QED) is 0.822. The fraction of sp³-hybridized carbons (Fsp3) is 0.583. The van der Waals surface area contributed by atoms with Gasteiger partial charge in [-0.05, 0) is 25.3 Å². The summed E-state index contributed by atoms with van der Waals surface area (Å²) in [5.74, 6) is 0.873. The van der Waals surface area contributed by atoms with Gasteiger partial charge in [0.15, 0.2) is 0 Å². The Morgan fingerprint density at radius 1 is 1.58 bits per heavy atom. The molecule has 6 nitrogen and oxygen atoms in total. The van der Waals surface area contributed by atoms with E-state index in [0.717, 1.165) is 19.4 Å². The lowest BCUT2D eigenvalue weighted by Crippen LogP contribution is -2.45. The average molecular weight is 285 g/mol. The molecule has 2 rings (SSSR count). The second kappa shape index (κ2) is 6.16. The van der Waals surface area contributed by atoms with E-state index in [-0.39, 0.29) is 23.1 Å².